The van der Waals surface area contributed by atoms with Crippen molar-refractivity contribution in [1.82, 2.24) is 39.8 Å². The van der Waals surface area contributed by atoms with E-state index < -0.39 is 29.7 Å². The smallest absolute Gasteiger partial charge is 0.262 e. The minimum Gasteiger partial charge on any atom is -0.457 e. The van der Waals surface area contributed by atoms with Crippen LogP contribution < -0.4 is 20.7 Å². The number of nitrogen functional groups attached to an aromatic ring is 1. The molecule has 0 saturated carbocycles. The van der Waals surface area contributed by atoms with Gasteiger partial charge in [-0.25, -0.2) is 19.0 Å². The zero-order chi connectivity index (χ0) is 38.9. The van der Waals surface area contributed by atoms with Crippen molar-refractivity contribution in [2.75, 3.05) is 49.9 Å². The minimum atomic E-state index is -0.975. The van der Waals surface area contributed by atoms with E-state index in [0.29, 0.717) is 40.5 Å². The van der Waals surface area contributed by atoms with Gasteiger partial charge in [0.25, 0.3) is 11.8 Å². The summed E-state index contributed by atoms with van der Waals surface area (Å²) in [5, 5.41) is 8.04. The number of imide groups is 2. The normalized spacial score (nSPS) is 21.2. The number of ether oxygens (including phenoxy) is 1. The Hall–Kier alpha value is -6.26. The lowest BCUT2D eigenvalue weighted by molar-refractivity contribution is -0.136. The number of benzene rings is 3. The van der Waals surface area contributed by atoms with Gasteiger partial charge < -0.3 is 15.4 Å². The summed E-state index contributed by atoms with van der Waals surface area (Å²) in [5.74, 6) is -0.765. The van der Waals surface area contributed by atoms with Gasteiger partial charge >= 0.3 is 0 Å². The van der Waals surface area contributed by atoms with Gasteiger partial charge in [-0.15, -0.1) is 0 Å². The van der Waals surface area contributed by atoms with Crippen LogP contribution >= 0.6 is 0 Å². The van der Waals surface area contributed by atoms with Gasteiger partial charge in [-0.2, -0.15) is 5.10 Å². The highest BCUT2D eigenvalue weighted by Crippen LogP contribution is 2.37. The molecule has 0 bridgehead atoms. The predicted octanol–water partition coefficient (Wildman–Crippen LogP) is 3.62. The third-order valence-electron chi connectivity index (χ3n) is 12.1. The molecule has 3 aromatic carbocycles. The third kappa shape index (κ3) is 6.15. The van der Waals surface area contributed by atoms with Crippen molar-refractivity contribution < 1.29 is 28.3 Å². The quantitative estimate of drug-likeness (QED) is 0.220. The van der Waals surface area contributed by atoms with E-state index in [-0.39, 0.29) is 24.7 Å². The van der Waals surface area contributed by atoms with Gasteiger partial charge in [-0.1, -0.05) is 0 Å². The molecule has 15 nitrogen and oxygen atoms in total. The molecule has 1 unspecified atom stereocenters. The number of hydrogen-bond donors (Lipinski definition) is 2. The van der Waals surface area contributed by atoms with E-state index in [1.807, 2.05) is 35.0 Å². The third-order valence-corrected chi connectivity index (χ3v) is 12.1. The predicted molar refractivity (Wildman–Crippen MR) is 206 cm³/mol. The lowest BCUT2D eigenvalue weighted by atomic mass is 9.95. The molecule has 10 rings (SSSR count). The summed E-state index contributed by atoms with van der Waals surface area (Å²) in [6.45, 7) is 5.56. The molecule has 7 heterocycles. The Labute approximate surface area is 326 Å². The average molecular weight is 771 g/mol. The number of likely N-dealkylation sites (tertiary alicyclic amines) is 2. The van der Waals surface area contributed by atoms with Crippen LogP contribution in [0.25, 0.3) is 22.3 Å². The highest BCUT2D eigenvalue weighted by atomic mass is 19.1. The molecule has 57 heavy (non-hydrogen) atoms. The molecule has 5 aromatic rings. The highest BCUT2D eigenvalue weighted by Gasteiger charge is 2.46. The van der Waals surface area contributed by atoms with Crippen molar-refractivity contribution in [3.8, 4) is 22.8 Å². The van der Waals surface area contributed by atoms with E-state index in [9.17, 15) is 23.6 Å². The highest BCUT2D eigenvalue weighted by molar-refractivity contribution is 6.23. The number of anilines is 2. The fourth-order valence-electron chi connectivity index (χ4n) is 8.84. The Morgan fingerprint density at radius 3 is 2.16 bits per heavy atom. The van der Waals surface area contributed by atoms with Crippen LogP contribution in [0.1, 0.15) is 52.4 Å². The Balaban J connectivity index is 0.738. The molecule has 4 amide bonds. The average Bonchev–Trinajstić information content (AvgIpc) is 3.69. The van der Waals surface area contributed by atoms with Crippen molar-refractivity contribution >= 4 is 46.2 Å². The molecule has 0 spiro atoms. The van der Waals surface area contributed by atoms with E-state index in [0.717, 1.165) is 85.0 Å². The maximum atomic E-state index is 13.3. The molecule has 290 valence electrons. The summed E-state index contributed by atoms with van der Waals surface area (Å²) < 4.78 is 21.2. The number of nitrogens with one attached hydrogen (secondary N) is 1. The number of rotatable bonds is 8. The SMILES string of the molecule is Nc1ncnc2c1c(-c1ccc(Oc3ccc(F)cc3)cc1)nn2C1CCN(C2CN(C3CN(c4ccc5c(c4)C(=O)N(C4CCC(=O)NC4=O)C5=O)C3)C2)CC1. The second kappa shape index (κ2) is 13.7. The number of aromatic nitrogens is 4. The Morgan fingerprint density at radius 1 is 0.754 bits per heavy atom. The molecule has 4 saturated heterocycles. The first-order valence-corrected chi connectivity index (χ1v) is 19.3. The fraction of sp³-hybridized carbons (Fsp3) is 0.341. The number of nitrogens with zero attached hydrogens (tertiary/aromatic N) is 8. The molecule has 0 radical (unpaired) electrons. The molecule has 0 aliphatic carbocycles. The molecular weight excluding hydrogens is 732 g/mol. The number of carbonyl (C=O) groups excluding carboxylic acids is 4. The lowest BCUT2D eigenvalue weighted by Crippen LogP contribution is -2.70. The van der Waals surface area contributed by atoms with Crippen LogP contribution in [0.2, 0.25) is 0 Å². The summed E-state index contributed by atoms with van der Waals surface area (Å²) in [6, 6.07) is 18.8. The molecule has 1 atom stereocenters. The summed E-state index contributed by atoms with van der Waals surface area (Å²) in [4.78, 5) is 67.7. The van der Waals surface area contributed by atoms with Gasteiger partial charge in [-0.3, -0.25) is 39.2 Å². The van der Waals surface area contributed by atoms with Crippen molar-refractivity contribution in [1.29, 1.82) is 0 Å². The number of piperidine rings is 2. The van der Waals surface area contributed by atoms with Crippen LogP contribution in [0.4, 0.5) is 15.9 Å². The van der Waals surface area contributed by atoms with Crippen LogP contribution in [0.5, 0.6) is 11.5 Å². The number of amides is 4. The monoisotopic (exact) mass is 770 g/mol. The molecule has 5 aliphatic rings. The second-order valence-corrected chi connectivity index (χ2v) is 15.4. The van der Waals surface area contributed by atoms with Crippen LogP contribution in [-0.4, -0.2) is 115 Å². The first-order chi connectivity index (χ1) is 27.7. The molecule has 4 fully saturated rings. The zero-order valence-corrected chi connectivity index (χ0v) is 30.9. The first-order valence-electron chi connectivity index (χ1n) is 19.3. The number of nitrogens with two attached hydrogens (primary N) is 1. The van der Waals surface area contributed by atoms with E-state index >= 15 is 0 Å². The first kappa shape index (κ1) is 35.2. The topological polar surface area (TPSA) is 172 Å². The summed E-state index contributed by atoms with van der Waals surface area (Å²) in [7, 11) is 0. The molecule has 5 aliphatic heterocycles. The Morgan fingerprint density at radius 2 is 1.44 bits per heavy atom. The fourth-order valence-corrected chi connectivity index (χ4v) is 8.84. The maximum Gasteiger partial charge on any atom is 0.262 e. The van der Waals surface area contributed by atoms with Crippen LogP contribution in [0.3, 0.4) is 0 Å². The van der Waals surface area contributed by atoms with Crippen LogP contribution in [0, 0.1) is 5.82 Å². The van der Waals surface area contributed by atoms with E-state index in [1.54, 1.807) is 24.3 Å². The van der Waals surface area contributed by atoms with Gasteiger partial charge in [0.2, 0.25) is 11.8 Å². The summed E-state index contributed by atoms with van der Waals surface area (Å²) in [5.41, 5.74) is 10.2. The van der Waals surface area contributed by atoms with Gasteiger partial charge in [-0.05, 0) is 86.0 Å². The Kier molecular flexibility index (Phi) is 8.48. The van der Waals surface area contributed by atoms with Crippen molar-refractivity contribution in [2.45, 2.75) is 49.9 Å². The minimum absolute atomic E-state index is 0.0894. The van der Waals surface area contributed by atoms with Gasteiger partial charge in [0.05, 0.1) is 22.6 Å². The van der Waals surface area contributed by atoms with Crippen LogP contribution in [0.15, 0.2) is 73.1 Å². The number of hydrogen-bond acceptors (Lipinski definition) is 12. The Bertz CT molecular complexity index is 2440. The van der Waals surface area contributed by atoms with Crippen molar-refractivity contribution in [3.05, 3.63) is 90.0 Å². The lowest BCUT2D eigenvalue weighted by Gasteiger charge is -2.55. The standard InChI is InChI=1S/C41H39FN10O5/c42-24-3-8-30(9-4-24)57-29-6-1-23(2-7-29)36-35-37(43)44-22-45-38(35)52(47-36)25-13-15-48(16-14-25)27-18-50(19-27)28-20-49(21-28)26-5-10-31-32(17-26)41(56)51(40(31)55)33-11-12-34(53)46-39(33)54/h1-10,17,22,25,27-28,33H,11-16,18-21H2,(H2,43,44,45)(H,46,53,54). The molecule has 3 N–H and O–H groups in total. The summed E-state index contributed by atoms with van der Waals surface area (Å²) >= 11 is 0. The van der Waals surface area contributed by atoms with Crippen molar-refractivity contribution in [2.24, 2.45) is 0 Å². The zero-order valence-electron chi connectivity index (χ0n) is 30.9. The van der Waals surface area contributed by atoms with Gasteiger partial charge in [0.15, 0.2) is 5.65 Å². The van der Waals surface area contributed by atoms with E-state index in [1.165, 1.54) is 18.5 Å². The number of halogens is 1. The largest absolute Gasteiger partial charge is 0.457 e. The van der Waals surface area contributed by atoms with E-state index in [4.69, 9.17) is 15.6 Å². The molecular formula is C41H39FN10O5. The molecule has 2 aromatic heterocycles. The van der Waals surface area contributed by atoms with Crippen LogP contribution in [-0.2, 0) is 9.59 Å². The number of carbonyl (C=O) groups is 4. The summed E-state index contributed by atoms with van der Waals surface area (Å²) in [6.07, 6.45) is 3.57. The maximum absolute atomic E-state index is 13.3. The van der Waals surface area contributed by atoms with Crippen molar-refractivity contribution in [3.63, 3.8) is 0 Å². The second-order valence-electron chi connectivity index (χ2n) is 15.4. The molecule has 16 heteroatoms. The number of fused-ring (bicyclic) bond motifs is 2. The van der Waals surface area contributed by atoms with Gasteiger partial charge in [0.1, 0.15) is 41.2 Å². The van der Waals surface area contributed by atoms with Gasteiger partial charge in [0, 0.05) is 69.0 Å². The van der Waals surface area contributed by atoms with E-state index in [2.05, 4.69) is 30.0 Å².